The first-order valence-corrected chi connectivity index (χ1v) is 24.1. The molecule has 3 aliphatic heterocycles. The lowest BCUT2D eigenvalue weighted by atomic mass is 9.84. The molecular formula is C53H66F3N7O7. The fourth-order valence-electron chi connectivity index (χ4n) is 10.5. The highest BCUT2D eigenvalue weighted by atomic mass is 19.4. The van der Waals surface area contributed by atoms with Crippen molar-refractivity contribution in [1.29, 1.82) is 0 Å². The molecule has 6 atom stereocenters. The van der Waals surface area contributed by atoms with Gasteiger partial charge >= 0.3 is 12.1 Å². The Morgan fingerprint density at radius 3 is 2.46 bits per heavy atom. The molecule has 6 bridgehead atoms. The zero-order chi connectivity index (χ0) is 51.0. The van der Waals surface area contributed by atoms with Crippen LogP contribution in [0.25, 0.3) is 33.3 Å². The summed E-state index contributed by atoms with van der Waals surface area (Å²) in [6, 6.07) is 15.4. The zero-order valence-electron chi connectivity index (χ0n) is 41.6. The molecule has 4 amide bonds. The second kappa shape index (κ2) is 20.3. The van der Waals surface area contributed by atoms with Crippen molar-refractivity contribution in [3.8, 4) is 22.4 Å². The molecule has 70 heavy (non-hydrogen) atoms. The van der Waals surface area contributed by atoms with Crippen LogP contribution in [0.5, 0.6) is 0 Å². The Bertz CT molecular complexity index is 2660. The molecule has 2 N–H and O–H groups in total. The van der Waals surface area contributed by atoms with Gasteiger partial charge < -0.3 is 29.2 Å². The number of nitrogens with one attached hydrogen (secondary N) is 2. The third-order valence-corrected chi connectivity index (χ3v) is 14.2. The molecule has 2 aromatic heterocycles. The summed E-state index contributed by atoms with van der Waals surface area (Å²) in [5.41, 5.74) is 8.48. The van der Waals surface area contributed by atoms with Gasteiger partial charge in [-0.3, -0.25) is 29.2 Å². The number of carbonyl (C=O) groups is 5. The monoisotopic (exact) mass is 969 g/mol. The van der Waals surface area contributed by atoms with Gasteiger partial charge in [0.05, 0.1) is 35.9 Å². The Morgan fingerprint density at radius 2 is 1.79 bits per heavy atom. The normalized spacial score (nSPS) is 22.8. The first-order chi connectivity index (χ1) is 33.0. The Labute approximate surface area is 407 Å². The van der Waals surface area contributed by atoms with E-state index in [1.165, 1.54) is 12.1 Å². The maximum absolute atomic E-state index is 14.9. The molecule has 17 heteroatoms. The second-order valence-electron chi connectivity index (χ2n) is 20.4. The van der Waals surface area contributed by atoms with Crippen LogP contribution in [0.2, 0.25) is 0 Å². The van der Waals surface area contributed by atoms with E-state index in [0.717, 1.165) is 60.4 Å². The number of hydrogen-bond acceptors (Lipinski definition) is 9. The topological polar surface area (TPSA) is 155 Å². The number of aryl methyl sites for hydroxylation is 1. The van der Waals surface area contributed by atoms with Gasteiger partial charge in [0.25, 0.3) is 5.91 Å². The van der Waals surface area contributed by atoms with Crippen molar-refractivity contribution in [1.82, 2.24) is 35.1 Å². The summed E-state index contributed by atoms with van der Waals surface area (Å²) < 4.78 is 57.5. The minimum Gasteiger partial charge on any atom is -0.464 e. The van der Waals surface area contributed by atoms with Crippen molar-refractivity contribution in [2.75, 3.05) is 40.4 Å². The number of halogens is 3. The molecule has 0 aliphatic carbocycles. The SMILES string of the molecule is C=CC(=O)N1C[C@@H](C(=O)N(C)[C@H](C(=O)N[C@H]2Cc3cccc(c3)-c3ccc4c(c3)c(c(-c3cccnc3[C@H](C)OC)n4CC)CC(C)(C)COC(=O)[C@@]3(C)CCCN(N3)C2=O)C(C)C)[C@@H](C(F)(F)F)C1. The number of esters is 1. The number of rotatable bonds is 10. The molecule has 4 aromatic rings. The number of cyclic esters (lactones) is 1. The van der Waals surface area contributed by atoms with Gasteiger partial charge in [-0.05, 0) is 98.5 Å². The number of methoxy groups -OCH3 is 1. The Kier molecular flexibility index (Phi) is 15.0. The molecule has 0 unspecified atom stereocenters. The minimum atomic E-state index is -4.81. The number of amides is 4. The van der Waals surface area contributed by atoms with Crippen LogP contribution in [0.3, 0.4) is 0 Å². The maximum atomic E-state index is 14.9. The molecule has 2 fully saturated rings. The number of aromatic nitrogens is 2. The number of pyridine rings is 1. The second-order valence-corrected chi connectivity index (χ2v) is 20.4. The van der Waals surface area contributed by atoms with Gasteiger partial charge in [-0.15, -0.1) is 0 Å². The van der Waals surface area contributed by atoms with Gasteiger partial charge in [0.2, 0.25) is 17.7 Å². The number of benzene rings is 2. The summed E-state index contributed by atoms with van der Waals surface area (Å²) in [6.45, 7) is 16.3. The summed E-state index contributed by atoms with van der Waals surface area (Å²) >= 11 is 0. The quantitative estimate of drug-likeness (QED) is 0.122. The number of likely N-dealkylation sites (tertiary alicyclic amines) is 1. The number of alkyl halides is 3. The molecule has 2 saturated heterocycles. The summed E-state index contributed by atoms with van der Waals surface area (Å²) in [5, 5.41) is 5.23. The highest BCUT2D eigenvalue weighted by Gasteiger charge is 2.54. The molecule has 376 valence electrons. The van der Waals surface area contributed by atoms with Crippen LogP contribution >= 0.6 is 0 Å². The van der Waals surface area contributed by atoms with E-state index in [2.05, 4.69) is 66.9 Å². The molecule has 0 radical (unpaired) electrons. The molecule has 0 spiro atoms. The van der Waals surface area contributed by atoms with Crippen LogP contribution in [0.4, 0.5) is 13.2 Å². The van der Waals surface area contributed by atoms with Crippen molar-refractivity contribution >= 4 is 40.5 Å². The number of hydrogen-bond donors (Lipinski definition) is 2. The van der Waals surface area contributed by atoms with Crippen LogP contribution in [-0.2, 0) is 52.8 Å². The molecule has 3 aliphatic rings. The van der Waals surface area contributed by atoms with E-state index in [-0.39, 0.29) is 25.7 Å². The van der Waals surface area contributed by atoms with E-state index >= 15 is 0 Å². The third-order valence-electron chi connectivity index (χ3n) is 14.2. The molecule has 2 aromatic carbocycles. The first-order valence-electron chi connectivity index (χ1n) is 24.1. The number of carbonyl (C=O) groups excluding carboxylic acids is 5. The third kappa shape index (κ3) is 10.4. The average molecular weight is 970 g/mol. The Morgan fingerprint density at radius 1 is 1.06 bits per heavy atom. The number of hydrazine groups is 1. The molecule has 14 nitrogen and oxygen atoms in total. The molecule has 7 rings (SSSR count). The van der Waals surface area contributed by atoms with E-state index in [4.69, 9.17) is 14.5 Å². The van der Waals surface area contributed by atoms with Crippen molar-refractivity contribution in [2.45, 2.75) is 111 Å². The lowest BCUT2D eigenvalue weighted by molar-refractivity contribution is -0.186. The van der Waals surface area contributed by atoms with Gasteiger partial charge in [-0.25, -0.2) is 10.2 Å². The fourth-order valence-corrected chi connectivity index (χ4v) is 10.5. The van der Waals surface area contributed by atoms with E-state index in [1.807, 2.05) is 37.3 Å². The maximum Gasteiger partial charge on any atom is 0.394 e. The predicted octanol–water partition coefficient (Wildman–Crippen LogP) is 7.44. The Hall–Kier alpha value is -6.07. The van der Waals surface area contributed by atoms with E-state index in [1.54, 1.807) is 34.1 Å². The molecule has 5 heterocycles. The fraction of sp³-hybridized carbons (Fsp3) is 0.509. The van der Waals surface area contributed by atoms with E-state index in [0.29, 0.717) is 31.4 Å². The first kappa shape index (κ1) is 51.8. The zero-order valence-corrected chi connectivity index (χ0v) is 41.6. The van der Waals surface area contributed by atoms with Crippen molar-refractivity contribution in [3.05, 3.63) is 90.3 Å². The summed E-state index contributed by atoms with van der Waals surface area (Å²) in [6.07, 6.45) is -1.15. The van der Waals surface area contributed by atoms with Crippen LogP contribution in [0.1, 0.15) is 84.2 Å². The number of ether oxygens (including phenoxy) is 2. The highest BCUT2D eigenvalue weighted by Crippen LogP contribution is 2.43. The predicted molar refractivity (Wildman–Crippen MR) is 259 cm³/mol. The number of likely N-dealkylation sites (N-methyl/N-ethyl adjacent to an activating group) is 1. The lowest BCUT2D eigenvalue weighted by Gasteiger charge is -2.41. The van der Waals surface area contributed by atoms with Gasteiger partial charge in [0.1, 0.15) is 17.6 Å². The Balaban J connectivity index is 1.31. The summed E-state index contributed by atoms with van der Waals surface area (Å²) in [7, 11) is 2.93. The van der Waals surface area contributed by atoms with Gasteiger partial charge in [-0.1, -0.05) is 64.6 Å². The van der Waals surface area contributed by atoms with Gasteiger partial charge in [0, 0.05) is 74.8 Å². The van der Waals surface area contributed by atoms with Crippen LogP contribution in [0, 0.1) is 23.2 Å². The number of fused-ring (bicyclic) bond motifs is 6. The minimum absolute atomic E-state index is 0.0167. The van der Waals surface area contributed by atoms with Crippen LogP contribution < -0.4 is 10.7 Å². The van der Waals surface area contributed by atoms with Crippen molar-refractivity contribution in [3.63, 3.8) is 0 Å². The van der Waals surface area contributed by atoms with E-state index in [9.17, 15) is 37.1 Å². The van der Waals surface area contributed by atoms with E-state index < -0.39 is 89.7 Å². The molecular weight excluding hydrogens is 904 g/mol. The van der Waals surface area contributed by atoms with Gasteiger partial charge in [-0.2, -0.15) is 13.2 Å². The summed E-state index contributed by atoms with van der Waals surface area (Å²) in [4.78, 5) is 77.0. The van der Waals surface area contributed by atoms with Crippen LogP contribution in [-0.4, -0.2) is 118 Å². The van der Waals surface area contributed by atoms with Crippen molar-refractivity contribution < 1.29 is 46.6 Å². The standard InChI is InChI=1S/C53H66F3N7O7/c1-11-43(64)61-28-39(40(29-61)53(54,55)56)48(66)60(9)45(31(3)4)47(65)58-41-25-33-16-13-17-34(24-33)35-19-20-42-37(26-35)38(46(62(42)12-2)36-18-14-22-57-44(36)32(5)69-10)27-51(6,7)30-70-50(68)52(8)21-15-23-63(59-52)49(41)67/h11,13-14,16-20,22,24,26,31-32,39-41,45,59H,1,12,15,21,23,25,27-30H2,2-10H3,(H,58,65)/t32-,39+,40-,41-,45-,52+/m0/s1. The highest BCUT2D eigenvalue weighted by molar-refractivity contribution is 5.96. The molecule has 0 saturated carbocycles. The van der Waals surface area contributed by atoms with Gasteiger partial charge in [0.15, 0.2) is 0 Å². The van der Waals surface area contributed by atoms with Crippen molar-refractivity contribution in [2.24, 2.45) is 23.2 Å². The largest absolute Gasteiger partial charge is 0.464 e. The smallest absolute Gasteiger partial charge is 0.394 e. The summed E-state index contributed by atoms with van der Waals surface area (Å²) in [5.74, 6) is -7.99. The average Bonchev–Trinajstić information content (AvgIpc) is 3.92. The number of nitrogens with zero attached hydrogens (tertiary/aromatic N) is 5. The van der Waals surface area contributed by atoms with Crippen LogP contribution in [0.15, 0.2) is 73.4 Å². The lowest BCUT2D eigenvalue weighted by Crippen LogP contribution is -2.66.